The maximum absolute atomic E-state index is 9.42. The first kappa shape index (κ1) is 10.3. The first-order chi connectivity index (χ1) is 7.15. The van der Waals surface area contributed by atoms with E-state index in [-0.39, 0.29) is 0 Å². The van der Waals surface area contributed by atoms with Crippen LogP contribution in [0.4, 0.5) is 5.69 Å². The fourth-order valence-corrected chi connectivity index (χ4v) is 2.20. The molecule has 3 nitrogen and oxygen atoms in total. The normalized spacial score (nSPS) is 19.8. The fraction of sp³-hybridized carbons (Fsp3) is 0.500. The van der Waals surface area contributed by atoms with Crippen molar-refractivity contribution in [1.82, 2.24) is 4.90 Å². The van der Waals surface area contributed by atoms with E-state index in [0.717, 1.165) is 19.5 Å². The van der Waals surface area contributed by atoms with Crippen LogP contribution in [0.2, 0.25) is 0 Å². The lowest BCUT2D eigenvalue weighted by atomic mass is 9.93. The van der Waals surface area contributed by atoms with Crippen molar-refractivity contribution in [3.8, 4) is 5.75 Å². The number of hydrogen-bond donors (Lipinski definition) is 2. The van der Waals surface area contributed by atoms with Gasteiger partial charge in [0.1, 0.15) is 5.75 Å². The van der Waals surface area contributed by atoms with E-state index in [4.69, 9.17) is 0 Å². The molecule has 2 rings (SSSR count). The first-order valence-electron chi connectivity index (χ1n) is 5.35. The lowest BCUT2D eigenvalue weighted by Gasteiger charge is -2.28. The minimum atomic E-state index is 0.362. The van der Waals surface area contributed by atoms with E-state index >= 15 is 0 Å². The third-order valence-corrected chi connectivity index (χ3v) is 2.80. The molecule has 0 bridgehead atoms. The number of nitrogens with one attached hydrogen (secondary N) is 1. The molecule has 1 unspecified atom stereocenters. The van der Waals surface area contributed by atoms with Crippen LogP contribution in [0.15, 0.2) is 18.2 Å². The fourth-order valence-electron chi connectivity index (χ4n) is 2.20. The van der Waals surface area contributed by atoms with Gasteiger partial charge in [-0.1, -0.05) is 0 Å². The van der Waals surface area contributed by atoms with E-state index < -0.39 is 0 Å². The van der Waals surface area contributed by atoms with Crippen molar-refractivity contribution in [2.75, 3.05) is 32.5 Å². The number of phenols is 1. The second-order valence-corrected chi connectivity index (χ2v) is 4.55. The van der Waals surface area contributed by atoms with Gasteiger partial charge in [0.2, 0.25) is 0 Å². The number of phenolic OH excluding ortho intramolecular Hbond substituents is 1. The Morgan fingerprint density at radius 1 is 1.47 bits per heavy atom. The van der Waals surface area contributed by atoms with Crippen LogP contribution in [0.25, 0.3) is 0 Å². The van der Waals surface area contributed by atoms with Crippen LogP contribution in [0.3, 0.4) is 0 Å². The summed E-state index contributed by atoms with van der Waals surface area (Å²) in [5.41, 5.74) is 2.40. The van der Waals surface area contributed by atoms with E-state index in [1.807, 2.05) is 12.1 Å². The number of anilines is 1. The van der Waals surface area contributed by atoms with Crippen LogP contribution in [0, 0.1) is 5.92 Å². The number of fused-ring (bicyclic) bond motifs is 1. The van der Waals surface area contributed by atoms with E-state index in [1.54, 1.807) is 6.07 Å². The Kier molecular flexibility index (Phi) is 2.82. The standard InChI is InChI=1S/C12H18N2O/c1-14(2)8-9-5-10-6-11(15)3-4-12(10)13-7-9/h3-4,6,9,13,15H,5,7-8H2,1-2H3. The Labute approximate surface area is 90.7 Å². The van der Waals surface area contributed by atoms with E-state index in [1.165, 1.54) is 11.3 Å². The summed E-state index contributed by atoms with van der Waals surface area (Å²) < 4.78 is 0. The molecule has 0 saturated heterocycles. The van der Waals surface area contributed by atoms with Crippen molar-refractivity contribution < 1.29 is 5.11 Å². The molecule has 0 amide bonds. The predicted molar refractivity (Wildman–Crippen MR) is 62.3 cm³/mol. The summed E-state index contributed by atoms with van der Waals surface area (Å²) in [5.74, 6) is 0.996. The first-order valence-corrected chi connectivity index (χ1v) is 5.35. The molecule has 0 aromatic heterocycles. The summed E-state index contributed by atoms with van der Waals surface area (Å²) in [5, 5.41) is 12.8. The number of hydrogen-bond acceptors (Lipinski definition) is 3. The van der Waals surface area contributed by atoms with Crippen LogP contribution in [-0.4, -0.2) is 37.2 Å². The van der Waals surface area contributed by atoms with Crippen LogP contribution in [0.1, 0.15) is 5.56 Å². The molecule has 1 aliphatic heterocycles. The Morgan fingerprint density at radius 3 is 3.00 bits per heavy atom. The maximum atomic E-state index is 9.42. The van der Waals surface area contributed by atoms with Crippen LogP contribution in [0.5, 0.6) is 5.75 Å². The van der Waals surface area contributed by atoms with Crippen molar-refractivity contribution >= 4 is 5.69 Å². The molecule has 3 heteroatoms. The van der Waals surface area contributed by atoms with E-state index in [0.29, 0.717) is 11.7 Å². The van der Waals surface area contributed by atoms with Crippen molar-refractivity contribution in [1.29, 1.82) is 0 Å². The number of aromatic hydroxyl groups is 1. The number of benzene rings is 1. The number of rotatable bonds is 2. The minimum Gasteiger partial charge on any atom is -0.508 e. The monoisotopic (exact) mass is 206 g/mol. The highest BCUT2D eigenvalue weighted by molar-refractivity contribution is 5.55. The van der Waals surface area contributed by atoms with Gasteiger partial charge in [-0.3, -0.25) is 0 Å². The summed E-state index contributed by atoms with van der Waals surface area (Å²) in [6, 6.07) is 5.55. The molecule has 1 aromatic carbocycles. The van der Waals surface area contributed by atoms with Gasteiger partial charge < -0.3 is 15.3 Å². The minimum absolute atomic E-state index is 0.362. The topological polar surface area (TPSA) is 35.5 Å². The highest BCUT2D eigenvalue weighted by Gasteiger charge is 2.18. The Hall–Kier alpha value is -1.22. The molecule has 1 aliphatic rings. The van der Waals surface area contributed by atoms with Gasteiger partial charge >= 0.3 is 0 Å². The molecule has 0 aliphatic carbocycles. The Bertz CT molecular complexity index is 349. The molecule has 0 fully saturated rings. The molecule has 82 valence electrons. The predicted octanol–water partition coefficient (Wildman–Crippen LogP) is 1.54. The average Bonchev–Trinajstić information content (AvgIpc) is 2.16. The SMILES string of the molecule is CN(C)CC1CNc2ccc(O)cc2C1. The van der Waals surface area contributed by atoms with Gasteiger partial charge in [0, 0.05) is 18.8 Å². The summed E-state index contributed by atoms with van der Waals surface area (Å²) >= 11 is 0. The van der Waals surface area contributed by atoms with Gasteiger partial charge in [-0.05, 0) is 50.2 Å². The Balaban J connectivity index is 2.11. The van der Waals surface area contributed by atoms with Crippen molar-refractivity contribution in [3.63, 3.8) is 0 Å². The smallest absolute Gasteiger partial charge is 0.116 e. The summed E-state index contributed by atoms with van der Waals surface area (Å²) in [7, 11) is 4.19. The molecule has 1 aromatic rings. The highest BCUT2D eigenvalue weighted by Crippen LogP contribution is 2.27. The Morgan fingerprint density at radius 2 is 2.27 bits per heavy atom. The van der Waals surface area contributed by atoms with Gasteiger partial charge in [-0.25, -0.2) is 0 Å². The van der Waals surface area contributed by atoms with Crippen molar-refractivity contribution in [3.05, 3.63) is 23.8 Å². The lowest BCUT2D eigenvalue weighted by molar-refractivity contribution is 0.328. The molecule has 1 atom stereocenters. The van der Waals surface area contributed by atoms with Gasteiger partial charge in [0.05, 0.1) is 0 Å². The molecule has 2 N–H and O–H groups in total. The van der Waals surface area contributed by atoms with Crippen LogP contribution >= 0.6 is 0 Å². The van der Waals surface area contributed by atoms with E-state index in [2.05, 4.69) is 24.3 Å². The largest absolute Gasteiger partial charge is 0.508 e. The zero-order valence-electron chi connectivity index (χ0n) is 9.33. The van der Waals surface area contributed by atoms with Gasteiger partial charge in [0.25, 0.3) is 0 Å². The van der Waals surface area contributed by atoms with E-state index in [9.17, 15) is 5.11 Å². The molecular weight excluding hydrogens is 188 g/mol. The second kappa shape index (κ2) is 4.11. The maximum Gasteiger partial charge on any atom is 0.116 e. The third kappa shape index (κ3) is 2.42. The molecule has 0 spiro atoms. The zero-order valence-corrected chi connectivity index (χ0v) is 9.33. The molecule has 0 saturated carbocycles. The van der Waals surface area contributed by atoms with Crippen molar-refractivity contribution in [2.45, 2.75) is 6.42 Å². The molecule has 15 heavy (non-hydrogen) atoms. The molecular formula is C12H18N2O. The summed E-state index contributed by atoms with van der Waals surface area (Å²) in [6.45, 7) is 2.11. The van der Waals surface area contributed by atoms with Gasteiger partial charge in [-0.2, -0.15) is 0 Å². The molecule has 0 radical (unpaired) electrons. The quantitative estimate of drug-likeness (QED) is 0.720. The third-order valence-electron chi connectivity index (χ3n) is 2.80. The van der Waals surface area contributed by atoms with Crippen LogP contribution < -0.4 is 5.32 Å². The van der Waals surface area contributed by atoms with Gasteiger partial charge in [0.15, 0.2) is 0 Å². The number of nitrogens with zero attached hydrogens (tertiary/aromatic N) is 1. The summed E-state index contributed by atoms with van der Waals surface area (Å²) in [4.78, 5) is 2.21. The second-order valence-electron chi connectivity index (χ2n) is 4.55. The van der Waals surface area contributed by atoms with Crippen LogP contribution in [-0.2, 0) is 6.42 Å². The molecule has 1 heterocycles. The average molecular weight is 206 g/mol. The highest BCUT2D eigenvalue weighted by atomic mass is 16.3. The zero-order chi connectivity index (χ0) is 10.8. The lowest BCUT2D eigenvalue weighted by Crippen LogP contribution is -2.31. The van der Waals surface area contributed by atoms with Crippen molar-refractivity contribution in [2.24, 2.45) is 5.92 Å². The van der Waals surface area contributed by atoms with Gasteiger partial charge in [-0.15, -0.1) is 0 Å². The summed E-state index contributed by atoms with van der Waals surface area (Å²) in [6.07, 6.45) is 1.05.